The first-order valence-corrected chi connectivity index (χ1v) is 4.45. The first-order valence-electron chi connectivity index (χ1n) is 2.57. The number of thiazole rings is 1. The monoisotopic (exact) mass is 208 g/mol. The Labute approximate surface area is 73.6 Å². The van der Waals surface area contributed by atoms with Crippen molar-refractivity contribution in [3.63, 3.8) is 0 Å². The summed E-state index contributed by atoms with van der Waals surface area (Å²) in [6.07, 6.45) is 0.0832. The minimum atomic E-state index is -2.90. The van der Waals surface area contributed by atoms with Gasteiger partial charge in [0.25, 0.3) is 5.19 Å². The number of carbonyl (C=O) groups excluding carboxylic acids is 1. The first kappa shape index (κ1) is 9.10. The Morgan fingerprint density at radius 3 is 3.00 bits per heavy atom. The molecule has 0 aliphatic carbocycles. The second kappa shape index (κ2) is 4.14. The summed E-state index contributed by atoms with van der Waals surface area (Å²) in [5, 5.41) is 1.60. The Morgan fingerprint density at radius 1 is 1.75 bits per heavy atom. The van der Waals surface area contributed by atoms with Gasteiger partial charge in [-0.2, -0.15) is 0 Å². The molecule has 1 aromatic heterocycles. The fraction of sp³-hybridized carbons (Fsp3) is 0. The molecule has 0 aliphatic rings. The molecule has 1 aromatic rings. The molecule has 1 rings (SSSR count). The molecular weight excluding hydrogens is 206 g/mol. The van der Waals surface area contributed by atoms with Crippen molar-refractivity contribution in [1.29, 1.82) is 0 Å². The Morgan fingerprint density at radius 2 is 2.50 bits per heavy atom. The Hall–Kier alpha value is -0.990. The van der Waals surface area contributed by atoms with Crippen LogP contribution in [0.4, 0.5) is 4.79 Å². The van der Waals surface area contributed by atoms with Crippen molar-refractivity contribution in [1.82, 2.24) is 4.98 Å². The van der Waals surface area contributed by atoms with E-state index in [4.69, 9.17) is 0 Å². The summed E-state index contributed by atoms with van der Waals surface area (Å²) < 4.78 is 27.6. The number of aromatic nitrogens is 1. The van der Waals surface area contributed by atoms with Crippen LogP contribution in [0.1, 0.15) is 0 Å². The van der Waals surface area contributed by atoms with Crippen LogP contribution in [0, 0.1) is 0 Å². The van der Waals surface area contributed by atoms with Crippen LogP contribution in [-0.4, -0.2) is 19.9 Å². The van der Waals surface area contributed by atoms with Crippen LogP contribution in [0.25, 0.3) is 0 Å². The van der Waals surface area contributed by atoms with Crippen molar-refractivity contribution in [2.24, 2.45) is 0 Å². The Balaban J connectivity index is 2.42. The van der Waals surface area contributed by atoms with E-state index in [1.807, 2.05) is 0 Å². The third-order valence-corrected chi connectivity index (χ3v) is 1.64. The molecule has 0 amide bonds. The molecule has 0 aromatic carbocycles. The van der Waals surface area contributed by atoms with Gasteiger partial charge in [-0.15, -0.1) is 0 Å². The van der Waals surface area contributed by atoms with E-state index in [0.717, 1.165) is 11.3 Å². The molecule has 1 heterocycles. The lowest BCUT2D eigenvalue weighted by atomic mass is 11.0. The number of hydrogen-bond acceptors (Lipinski definition) is 7. The molecule has 0 spiro atoms. The SMILES string of the molecule is O=C(Oc1nccs1)OS(=O)[O-]. The number of rotatable bonds is 2. The fourth-order valence-electron chi connectivity index (χ4n) is 0.405. The number of nitrogens with zero attached hydrogens (tertiary/aromatic N) is 1. The smallest absolute Gasteiger partial charge is 0.529 e. The van der Waals surface area contributed by atoms with E-state index < -0.39 is 17.5 Å². The lowest BCUT2D eigenvalue weighted by molar-refractivity contribution is 0.152. The van der Waals surface area contributed by atoms with Crippen LogP contribution in [-0.2, 0) is 15.5 Å². The molecule has 8 heteroatoms. The summed E-state index contributed by atoms with van der Waals surface area (Å²) in [6, 6.07) is 0. The van der Waals surface area contributed by atoms with Gasteiger partial charge in [0, 0.05) is 11.6 Å². The van der Waals surface area contributed by atoms with Crippen LogP contribution in [0.3, 0.4) is 0 Å². The quantitative estimate of drug-likeness (QED) is 0.518. The van der Waals surface area contributed by atoms with Gasteiger partial charge in [0.2, 0.25) is 0 Å². The van der Waals surface area contributed by atoms with Gasteiger partial charge in [-0.05, 0) is 0 Å². The largest absolute Gasteiger partial charge is 0.740 e. The fourth-order valence-corrected chi connectivity index (χ4v) is 1.03. The standard InChI is InChI=1S/C4H3NO5S2/c6-4(10-12(7)8)9-3-5-1-2-11-3/h1-2H,(H,7,8)/p-1. The molecule has 1 atom stereocenters. The molecule has 0 fully saturated rings. The number of carbonyl (C=O) groups is 1. The maximum absolute atomic E-state index is 10.4. The average molecular weight is 208 g/mol. The van der Waals surface area contributed by atoms with Gasteiger partial charge >= 0.3 is 6.16 Å². The van der Waals surface area contributed by atoms with E-state index in [2.05, 4.69) is 13.9 Å². The van der Waals surface area contributed by atoms with Gasteiger partial charge in [-0.1, -0.05) is 11.3 Å². The van der Waals surface area contributed by atoms with Crippen molar-refractivity contribution in [3.05, 3.63) is 11.6 Å². The normalized spacial score (nSPS) is 12.1. The van der Waals surface area contributed by atoms with Gasteiger partial charge in [-0.3, -0.25) is 0 Å². The lowest BCUT2D eigenvalue weighted by Crippen LogP contribution is -2.11. The van der Waals surface area contributed by atoms with E-state index in [9.17, 15) is 13.6 Å². The number of hydrogen-bond donors (Lipinski definition) is 0. The van der Waals surface area contributed by atoms with Gasteiger partial charge in [0.1, 0.15) is 11.4 Å². The van der Waals surface area contributed by atoms with Crippen molar-refractivity contribution in [2.75, 3.05) is 0 Å². The molecular formula is C4H2NO5S2-. The minimum absolute atomic E-state index is 0.0328. The topological polar surface area (TPSA) is 88.6 Å². The third-order valence-electron chi connectivity index (χ3n) is 0.716. The molecule has 12 heavy (non-hydrogen) atoms. The van der Waals surface area contributed by atoms with Gasteiger partial charge in [0.15, 0.2) is 0 Å². The summed E-state index contributed by atoms with van der Waals surface area (Å²) >= 11 is -1.86. The summed E-state index contributed by atoms with van der Waals surface area (Å²) in [6.45, 7) is 0. The van der Waals surface area contributed by atoms with Gasteiger partial charge in [-0.25, -0.2) is 14.0 Å². The zero-order chi connectivity index (χ0) is 8.97. The zero-order valence-electron chi connectivity index (χ0n) is 5.46. The van der Waals surface area contributed by atoms with E-state index >= 15 is 0 Å². The summed E-state index contributed by atoms with van der Waals surface area (Å²) in [7, 11) is 0. The van der Waals surface area contributed by atoms with E-state index in [0.29, 0.717) is 0 Å². The van der Waals surface area contributed by atoms with Crippen molar-refractivity contribution in [2.45, 2.75) is 0 Å². The molecule has 0 saturated carbocycles. The molecule has 0 aliphatic heterocycles. The average Bonchev–Trinajstić information content (AvgIpc) is 2.37. The molecule has 0 saturated heterocycles. The van der Waals surface area contributed by atoms with Crippen molar-refractivity contribution in [3.8, 4) is 5.19 Å². The highest BCUT2D eigenvalue weighted by Crippen LogP contribution is 2.13. The Kier molecular flexibility index (Phi) is 3.14. The number of ether oxygens (including phenoxy) is 1. The lowest BCUT2D eigenvalue weighted by Gasteiger charge is -2.02. The molecule has 0 N–H and O–H groups in total. The third kappa shape index (κ3) is 2.95. The maximum Gasteiger partial charge on any atom is 0.529 e. The molecule has 0 bridgehead atoms. The second-order valence-electron chi connectivity index (χ2n) is 1.44. The highest BCUT2D eigenvalue weighted by atomic mass is 32.2. The van der Waals surface area contributed by atoms with Gasteiger partial charge in [0.05, 0.1) is 0 Å². The van der Waals surface area contributed by atoms with Crippen LogP contribution in [0.2, 0.25) is 0 Å². The van der Waals surface area contributed by atoms with E-state index in [-0.39, 0.29) is 5.19 Å². The maximum atomic E-state index is 10.4. The highest BCUT2D eigenvalue weighted by Gasteiger charge is 2.07. The van der Waals surface area contributed by atoms with Crippen LogP contribution in [0.5, 0.6) is 5.19 Å². The van der Waals surface area contributed by atoms with Crippen LogP contribution in [0.15, 0.2) is 11.6 Å². The minimum Gasteiger partial charge on any atom is -0.740 e. The first-order chi connectivity index (χ1) is 5.68. The predicted octanol–water partition coefficient (Wildman–Crippen LogP) is 0.453. The van der Waals surface area contributed by atoms with Crippen molar-refractivity contribution < 1.29 is 22.5 Å². The summed E-state index contributed by atoms with van der Waals surface area (Å²) in [5.74, 6) is 0. The summed E-state index contributed by atoms with van der Waals surface area (Å²) in [4.78, 5) is 14.0. The van der Waals surface area contributed by atoms with E-state index in [1.54, 1.807) is 5.38 Å². The molecule has 6 nitrogen and oxygen atoms in total. The van der Waals surface area contributed by atoms with Crippen LogP contribution < -0.4 is 4.74 Å². The van der Waals surface area contributed by atoms with Gasteiger partial charge < -0.3 is 13.5 Å². The molecule has 0 radical (unpaired) electrons. The molecule has 66 valence electrons. The summed E-state index contributed by atoms with van der Waals surface area (Å²) in [5.41, 5.74) is 0. The van der Waals surface area contributed by atoms with E-state index in [1.165, 1.54) is 6.20 Å². The van der Waals surface area contributed by atoms with Crippen LogP contribution >= 0.6 is 11.3 Å². The zero-order valence-corrected chi connectivity index (χ0v) is 7.09. The highest BCUT2D eigenvalue weighted by molar-refractivity contribution is 7.74. The Bertz CT molecular complexity index is 284. The predicted molar refractivity (Wildman–Crippen MR) is 38.1 cm³/mol. The van der Waals surface area contributed by atoms with Crippen molar-refractivity contribution >= 4 is 28.9 Å². The molecule has 1 unspecified atom stereocenters. The second-order valence-corrected chi connectivity index (χ2v) is 2.87.